The van der Waals surface area contributed by atoms with Crippen LogP contribution in [0.5, 0.6) is 5.75 Å². The summed E-state index contributed by atoms with van der Waals surface area (Å²) >= 11 is 0. The molecule has 134 valence electrons. The summed E-state index contributed by atoms with van der Waals surface area (Å²) in [6.45, 7) is 0. The zero-order valence-corrected chi connectivity index (χ0v) is 14.0. The first-order chi connectivity index (χ1) is 12.0. The number of carboxylic acid groups (broad SMARTS) is 1. The maximum absolute atomic E-state index is 12.4. The van der Waals surface area contributed by atoms with Gasteiger partial charge in [-0.15, -0.1) is 0 Å². The number of hydrogen-bond donors (Lipinski definition) is 4. The molecule has 1 saturated carbocycles. The molecule has 2 aliphatic rings. The number of nitrogens with two attached hydrogens (primary N) is 1. The normalized spacial score (nSPS) is 21.8. The molecule has 1 aromatic carbocycles. The molecule has 0 aromatic heterocycles. The third-order valence-corrected chi connectivity index (χ3v) is 5.14. The summed E-state index contributed by atoms with van der Waals surface area (Å²) in [6, 6.07) is 4.18. The van der Waals surface area contributed by atoms with Gasteiger partial charge >= 0.3 is 13.1 Å². The molecule has 0 radical (unpaired) electrons. The molecule has 2 unspecified atom stereocenters. The standard InChI is InChI=1S/C17H23BN2O5/c19-14(10-5-2-1-3-6-10)16(21)20-13-9-11-7-4-8-12(17(22)23)15(11)25-18(13)24/h4,7-8,10,13-14,24H,1-3,5-6,9,19H2,(H,20,21)(H,22,23). The fourth-order valence-electron chi connectivity index (χ4n) is 3.70. The van der Waals surface area contributed by atoms with Gasteiger partial charge in [0.05, 0.1) is 17.5 Å². The van der Waals surface area contributed by atoms with Gasteiger partial charge in [0, 0.05) is 0 Å². The van der Waals surface area contributed by atoms with Crippen molar-refractivity contribution in [1.82, 2.24) is 5.32 Å². The van der Waals surface area contributed by atoms with E-state index in [4.69, 9.17) is 10.4 Å². The van der Waals surface area contributed by atoms with E-state index < -0.39 is 25.1 Å². The molecule has 25 heavy (non-hydrogen) atoms. The lowest BCUT2D eigenvalue weighted by molar-refractivity contribution is -0.124. The molecule has 1 heterocycles. The fourth-order valence-corrected chi connectivity index (χ4v) is 3.70. The van der Waals surface area contributed by atoms with E-state index in [1.165, 1.54) is 12.5 Å². The highest BCUT2D eigenvalue weighted by Gasteiger charge is 2.39. The first kappa shape index (κ1) is 17.8. The molecule has 1 amide bonds. The Morgan fingerprint density at radius 3 is 2.68 bits per heavy atom. The molecular weight excluding hydrogens is 323 g/mol. The van der Waals surface area contributed by atoms with Gasteiger partial charge < -0.3 is 25.8 Å². The van der Waals surface area contributed by atoms with E-state index in [0.717, 1.165) is 25.7 Å². The molecule has 1 aliphatic heterocycles. The Morgan fingerprint density at radius 2 is 2.00 bits per heavy atom. The van der Waals surface area contributed by atoms with E-state index in [9.17, 15) is 19.7 Å². The van der Waals surface area contributed by atoms with E-state index in [1.807, 2.05) is 0 Å². The minimum atomic E-state index is -1.31. The SMILES string of the molecule is NC(C(=O)NC1Cc2cccc(C(=O)O)c2OB1O)C1CCCCC1. The van der Waals surface area contributed by atoms with Crippen LogP contribution in [0.3, 0.4) is 0 Å². The van der Waals surface area contributed by atoms with Crippen molar-refractivity contribution < 1.29 is 24.4 Å². The van der Waals surface area contributed by atoms with Crippen LogP contribution in [0.2, 0.25) is 0 Å². The van der Waals surface area contributed by atoms with E-state index in [0.29, 0.717) is 12.0 Å². The van der Waals surface area contributed by atoms with Gasteiger partial charge in [-0.25, -0.2) is 4.79 Å². The number of aromatic carboxylic acids is 1. The number of nitrogens with one attached hydrogen (secondary N) is 1. The Morgan fingerprint density at radius 1 is 1.28 bits per heavy atom. The number of hydrogen-bond acceptors (Lipinski definition) is 5. The maximum Gasteiger partial charge on any atom is 0.547 e. The van der Waals surface area contributed by atoms with Crippen molar-refractivity contribution in [2.75, 3.05) is 0 Å². The molecule has 8 heteroatoms. The van der Waals surface area contributed by atoms with Crippen molar-refractivity contribution in [1.29, 1.82) is 0 Å². The van der Waals surface area contributed by atoms with Gasteiger partial charge in [0.1, 0.15) is 5.75 Å². The zero-order valence-electron chi connectivity index (χ0n) is 14.0. The third kappa shape index (κ3) is 3.80. The summed E-state index contributed by atoms with van der Waals surface area (Å²) in [5.74, 6) is -1.74. The smallest absolute Gasteiger partial charge is 0.534 e. The molecule has 0 spiro atoms. The van der Waals surface area contributed by atoms with Crippen LogP contribution in [0.25, 0.3) is 0 Å². The number of carbonyl (C=O) groups excluding carboxylic acids is 1. The van der Waals surface area contributed by atoms with Crippen molar-refractivity contribution in [3.05, 3.63) is 29.3 Å². The Labute approximate surface area is 146 Å². The van der Waals surface area contributed by atoms with Crippen LogP contribution in [-0.4, -0.2) is 41.1 Å². The second-order valence-electron chi connectivity index (χ2n) is 6.85. The molecule has 5 N–H and O–H groups in total. The summed E-state index contributed by atoms with van der Waals surface area (Å²) in [4.78, 5) is 23.7. The highest BCUT2D eigenvalue weighted by atomic mass is 16.5. The molecule has 1 aromatic rings. The predicted molar refractivity (Wildman–Crippen MR) is 92.2 cm³/mol. The van der Waals surface area contributed by atoms with Crippen LogP contribution >= 0.6 is 0 Å². The molecule has 1 fully saturated rings. The average Bonchev–Trinajstić information content (AvgIpc) is 2.61. The van der Waals surface area contributed by atoms with Gasteiger partial charge in [0.25, 0.3) is 0 Å². The third-order valence-electron chi connectivity index (χ3n) is 5.14. The molecule has 7 nitrogen and oxygen atoms in total. The Hall–Kier alpha value is -2.06. The minimum absolute atomic E-state index is 0.000216. The van der Waals surface area contributed by atoms with Crippen molar-refractivity contribution in [2.45, 2.75) is 50.5 Å². The van der Waals surface area contributed by atoms with Crippen LogP contribution in [0.4, 0.5) is 0 Å². The zero-order chi connectivity index (χ0) is 18.0. The highest BCUT2D eigenvalue weighted by molar-refractivity contribution is 6.47. The number of rotatable bonds is 4. The van der Waals surface area contributed by atoms with Gasteiger partial charge in [-0.2, -0.15) is 0 Å². The first-order valence-electron chi connectivity index (χ1n) is 8.73. The fraction of sp³-hybridized carbons (Fsp3) is 0.529. The molecule has 2 atom stereocenters. The van der Waals surface area contributed by atoms with Crippen LogP contribution in [0.15, 0.2) is 18.2 Å². The van der Waals surface area contributed by atoms with Crippen molar-refractivity contribution in [2.24, 2.45) is 11.7 Å². The number of fused-ring (bicyclic) bond motifs is 1. The lowest BCUT2D eigenvalue weighted by Gasteiger charge is -2.31. The van der Waals surface area contributed by atoms with E-state index in [2.05, 4.69) is 5.32 Å². The van der Waals surface area contributed by atoms with Gasteiger partial charge in [0.2, 0.25) is 5.91 Å². The van der Waals surface area contributed by atoms with Crippen LogP contribution in [-0.2, 0) is 11.2 Å². The van der Waals surface area contributed by atoms with Crippen LogP contribution in [0, 0.1) is 5.92 Å². The van der Waals surface area contributed by atoms with Crippen molar-refractivity contribution in [3.63, 3.8) is 0 Å². The monoisotopic (exact) mass is 346 g/mol. The van der Waals surface area contributed by atoms with Crippen molar-refractivity contribution in [3.8, 4) is 5.75 Å². The topological polar surface area (TPSA) is 122 Å². The molecular formula is C17H23BN2O5. The number of para-hydroxylation sites is 1. The summed E-state index contributed by atoms with van der Waals surface area (Å²) < 4.78 is 5.38. The Balaban J connectivity index is 1.69. The second-order valence-corrected chi connectivity index (χ2v) is 6.85. The van der Waals surface area contributed by atoms with Gasteiger partial charge in [-0.1, -0.05) is 31.4 Å². The largest absolute Gasteiger partial charge is 0.547 e. The van der Waals surface area contributed by atoms with Crippen LogP contribution in [0.1, 0.15) is 48.0 Å². The molecule has 0 saturated heterocycles. The van der Waals surface area contributed by atoms with E-state index >= 15 is 0 Å². The number of amides is 1. The Kier molecular flexibility index (Phi) is 5.29. The Bertz CT molecular complexity index is 662. The highest BCUT2D eigenvalue weighted by Crippen LogP contribution is 2.30. The summed E-state index contributed by atoms with van der Waals surface area (Å²) in [6.07, 6.45) is 5.55. The van der Waals surface area contributed by atoms with Gasteiger partial charge in [0.15, 0.2) is 0 Å². The van der Waals surface area contributed by atoms with E-state index in [1.54, 1.807) is 12.1 Å². The van der Waals surface area contributed by atoms with Crippen molar-refractivity contribution >= 4 is 19.0 Å². The predicted octanol–water partition coefficient (Wildman–Crippen LogP) is 0.732. The molecule has 0 bridgehead atoms. The number of carboxylic acids is 1. The summed E-state index contributed by atoms with van der Waals surface area (Å²) in [5, 5.41) is 22.2. The summed E-state index contributed by atoms with van der Waals surface area (Å²) in [5.41, 5.74) is 6.74. The quantitative estimate of drug-likeness (QED) is 0.597. The lowest BCUT2D eigenvalue weighted by atomic mass is 9.72. The first-order valence-corrected chi connectivity index (χ1v) is 8.73. The summed E-state index contributed by atoms with van der Waals surface area (Å²) in [7, 11) is -1.31. The second kappa shape index (κ2) is 7.45. The molecule has 3 rings (SSSR count). The van der Waals surface area contributed by atoms with Gasteiger partial charge in [-0.05, 0) is 36.8 Å². The number of carbonyl (C=O) groups is 2. The average molecular weight is 346 g/mol. The minimum Gasteiger partial charge on any atom is -0.534 e. The maximum atomic E-state index is 12.4. The van der Waals surface area contributed by atoms with Gasteiger partial charge in [-0.3, -0.25) is 4.79 Å². The van der Waals surface area contributed by atoms with Crippen LogP contribution < -0.4 is 15.7 Å². The van der Waals surface area contributed by atoms with E-state index in [-0.39, 0.29) is 23.1 Å². The molecule has 1 aliphatic carbocycles. The lowest BCUT2D eigenvalue weighted by Crippen LogP contribution is -2.57. The number of benzene rings is 1.